The number of H-pyrrole nitrogens is 1. The number of nitrogens with one attached hydrogen (secondary N) is 1. The van der Waals surface area contributed by atoms with Gasteiger partial charge in [0.15, 0.2) is 5.03 Å². The average Bonchev–Trinajstić information content (AvgIpc) is 3.06. The Labute approximate surface area is 121 Å². The van der Waals surface area contributed by atoms with E-state index in [1.165, 1.54) is 21.8 Å². The van der Waals surface area contributed by atoms with Crippen LogP contribution in [0.5, 0.6) is 0 Å². The van der Waals surface area contributed by atoms with Crippen LogP contribution in [0.25, 0.3) is 0 Å². The molecule has 8 heteroatoms. The third-order valence-electron chi connectivity index (χ3n) is 2.96. The van der Waals surface area contributed by atoms with Crippen LogP contribution in [-0.4, -0.2) is 30.0 Å². The van der Waals surface area contributed by atoms with Gasteiger partial charge in [0, 0.05) is 17.5 Å². The average molecular weight is 320 g/mol. The Kier molecular flexibility index (Phi) is 4.29. The molecular formula is C11H14ClN3O2S2. The van der Waals surface area contributed by atoms with Gasteiger partial charge in [0.1, 0.15) is 0 Å². The van der Waals surface area contributed by atoms with Crippen LogP contribution in [0.15, 0.2) is 28.7 Å². The number of hydrogen-bond donors (Lipinski definition) is 1. The highest BCUT2D eigenvalue weighted by Gasteiger charge is 2.30. The summed E-state index contributed by atoms with van der Waals surface area (Å²) in [6, 6.07) is 3.57. The van der Waals surface area contributed by atoms with Crippen molar-refractivity contribution < 1.29 is 8.42 Å². The van der Waals surface area contributed by atoms with Crippen molar-refractivity contribution in [2.24, 2.45) is 0 Å². The molecule has 0 amide bonds. The van der Waals surface area contributed by atoms with E-state index in [2.05, 4.69) is 10.2 Å². The van der Waals surface area contributed by atoms with Crippen molar-refractivity contribution in [1.82, 2.24) is 14.5 Å². The molecule has 0 aliphatic carbocycles. The molecule has 1 N–H and O–H groups in total. The van der Waals surface area contributed by atoms with Crippen molar-refractivity contribution in [2.75, 3.05) is 7.05 Å². The van der Waals surface area contributed by atoms with Crippen LogP contribution in [0.2, 0.25) is 0 Å². The minimum absolute atomic E-state index is 0.0633. The molecule has 0 aromatic carbocycles. The minimum atomic E-state index is -3.63. The van der Waals surface area contributed by atoms with E-state index in [-0.39, 0.29) is 16.9 Å². The predicted molar refractivity (Wildman–Crippen MR) is 75.8 cm³/mol. The lowest BCUT2D eigenvalue weighted by atomic mass is 10.3. The SMILES string of the molecule is CC(c1cccs1)N(C)S(=O)(=O)c1[nH]ncc1CCl. The van der Waals surface area contributed by atoms with Crippen LogP contribution in [0, 0.1) is 0 Å². The van der Waals surface area contributed by atoms with Crippen molar-refractivity contribution in [3.63, 3.8) is 0 Å². The molecule has 2 aromatic rings. The van der Waals surface area contributed by atoms with Gasteiger partial charge in [0.2, 0.25) is 0 Å². The van der Waals surface area contributed by atoms with Crippen LogP contribution in [0.3, 0.4) is 0 Å². The standard InChI is InChI=1S/C11H14ClN3O2S2/c1-8(10-4-3-5-18-10)15(2)19(16,17)11-9(6-12)7-13-14-11/h3-5,7-8H,6H2,1-2H3,(H,13,14). The zero-order valence-electron chi connectivity index (χ0n) is 10.5. The van der Waals surface area contributed by atoms with Gasteiger partial charge in [-0.15, -0.1) is 22.9 Å². The second kappa shape index (κ2) is 5.62. The maximum Gasteiger partial charge on any atom is 0.260 e. The summed E-state index contributed by atoms with van der Waals surface area (Å²) in [5.74, 6) is 0.103. The summed E-state index contributed by atoms with van der Waals surface area (Å²) in [7, 11) is -2.07. The number of hydrogen-bond acceptors (Lipinski definition) is 4. The molecule has 104 valence electrons. The molecule has 1 unspecified atom stereocenters. The van der Waals surface area contributed by atoms with E-state index in [0.29, 0.717) is 5.56 Å². The molecule has 5 nitrogen and oxygen atoms in total. The fraction of sp³-hybridized carbons (Fsp3) is 0.364. The molecule has 0 fully saturated rings. The Morgan fingerprint density at radius 1 is 1.58 bits per heavy atom. The molecule has 0 aliphatic heterocycles. The fourth-order valence-corrected chi connectivity index (χ4v) is 4.30. The quantitative estimate of drug-likeness (QED) is 0.861. The van der Waals surface area contributed by atoms with Crippen molar-refractivity contribution in [3.05, 3.63) is 34.2 Å². The minimum Gasteiger partial charge on any atom is -0.266 e. The van der Waals surface area contributed by atoms with Crippen LogP contribution in [-0.2, 0) is 15.9 Å². The summed E-state index contributed by atoms with van der Waals surface area (Å²) < 4.78 is 26.3. The van der Waals surface area contributed by atoms with Crippen molar-refractivity contribution in [1.29, 1.82) is 0 Å². The van der Waals surface area contributed by atoms with Crippen LogP contribution >= 0.6 is 22.9 Å². The molecule has 19 heavy (non-hydrogen) atoms. The number of aromatic nitrogens is 2. The zero-order valence-corrected chi connectivity index (χ0v) is 12.9. The lowest BCUT2D eigenvalue weighted by molar-refractivity contribution is 0.400. The van der Waals surface area contributed by atoms with Crippen LogP contribution in [0.1, 0.15) is 23.4 Å². The second-order valence-corrected chi connectivity index (χ2v) is 7.25. The smallest absolute Gasteiger partial charge is 0.260 e. The number of thiophene rings is 1. The Bertz CT molecular complexity index is 637. The summed E-state index contributed by atoms with van der Waals surface area (Å²) in [5.41, 5.74) is 0.479. The van der Waals surface area contributed by atoms with Gasteiger partial charge in [-0.3, -0.25) is 5.10 Å². The lowest BCUT2D eigenvalue weighted by Crippen LogP contribution is -2.30. The van der Waals surface area contributed by atoms with Crippen molar-refractivity contribution in [2.45, 2.75) is 23.9 Å². The van der Waals surface area contributed by atoms with E-state index in [9.17, 15) is 8.42 Å². The molecule has 0 bridgehead atoms. The third kappa shape index (κ3) is 2.69. The Balaban J connectivity index is 2.35. The molecule has 0 saturated heterocycles. The molecule has 2 heterocycles. The van der Waals surface area contributed by atoms with Crippen LogP contribution < -0.4 is 0 Å². The number of nitrogens with zero attached hydrogens (tertiary/aromatic N) is 2. The number of alkyl halides is 1. The predicted octanol–water partition coefficient (Wildman–Crippen LogP) is 2.59. The van der Waals surface area contributed by atoms with E-state index in [1.807, 2.05) is 24.4 Å². The fourth-order valence-electron chi connectivity index (χ4n) is 1.68. The monoisotopic (exact) mass is 319 g/mol. The first kappa shape index (κ1) is 14.5. The Hall–Kier alpha value is -0.890. The largest absolute Gasteiger partial charge is 0.266 e. The summed E-state index contributed by atoms with van der Waals surface area (Å²) in [6.07, 6.45) is 1.43. The lowest BCUT2D eigenvalue weighted by Gasteiger charge is -2.23. The van der Waals surface area contributed by atoms with Gasteiger partial charge in [-0.25, -0.2) is 8.42 Å². The van der Waals surface area contributed by atoms with Crippen molar-refractivity contribution in [3.8, 4) is 0 Å². The summed E-state index contributed by atoms with van der Waals surface area (Å²) in [6.45, 7) is 1.85. The van der Waals surface area contributed by atoms with Gasteiger partial charge in [-0.1, -0.05) is 6.07 Å². The maximum absolute atomic E-state index is 12.5. The number of halogens is 1. The molecule has 1 atom stereocenters. The Morgan fingerprint density at radius 3 is 2.89 bits per heavy atom. The van der Waals surface area contributed by atoms with Gasteiger partial charge >= 0.3 is 0 Å². The van der Waals surface area contributed by atoms with Gasteiger partial charge in [-0.2, -0.15) is 9.40 Å². The van der Waals surface area contributed by atoms with E-state index in [4.69, 9.17) is 11.6 Å². The Morgan fingerprint density at radius 2 is 2.32 bits per heavy atom. The number of aromatic amines is 1. The topological polar surface area (TPSA) is 66.1 Å². The summed E-state index contributed by atoms with van der Waals surface area (Å²) in [5, 5.41) is 8.26. The first-order valence-electron chi connectivity index (χ1n) is 5.58. The van der Waals surface area contributed by atoms with E-state index in [1.54, 1.807) is 7.05 Å². The normalized spacial score (nSPS) is 13.9. The highest BCUT2D eigenvalue weighted by atomic mass is 35.5. The van der Waals surface area contributed by atoms with Gasteiger partial charge in [-0.05, 0) is 18.4 Å². The number of rotatable bonds is 5. The number of sulfonamides is 1. The van der Waals surface area contributed by atoms with Crippen LogP contribution in [0.4, 0.5) is 0 Å². The summed E-state index contributed by atoms with van der Waals surface area (Å²) in [4.78, 5) is 0.984. The molecule has 0 aliphatic rings. The highest BCUT2D eigenvalue weighted by Crippen LogP contribution is 2.29. The molecule has 0 radical (unpaired) electrons. The molecule has 2 rings (SSSR count). The van der Waals surface area contributed by atoms with Gasteiger partial charge < -0.3 is 0 Å². The highest BCUT2D eigenvalue weighted by molar-refractivity contribution is 7.89. The van der Waals surface area contributed by atoms with Gasteiger partial charge in [0.05, 0.1) is 18.1 Å². The first-order chi connectivity index (χ1) is 8.98. The first-order valence-corrected chi connectivity index (χ1v) is 8.43. The summed E-state index contributed by atoms with van der Waals surface area (Å²) >= 11 is 7.25. The molecule has 0 saturated carbocycles. The van der Waals surface area contributed by atoms with E-state index in [0.717, 1.165) is 4.88 Å². The van der Waals surface area contributed by atoms with Gasteiger partial charge in [0.25, 0.3) is 10.0 Å². The second-order valence-electron chi connectivity index (χ2n) is 4.07. The van der Waals surface area contributed by atoms with E-state index >= 15 is 0 Å². The van der Waals surface area contributed by atoms with E-state index < -0.39 is 10.0 Å². The zero-order chi connectivity index (χ0) is 14.0. The molecule has 2 aromatic heterocycles. The third-order valence-corrected chi connectivity index (χ3v) is 6.23. The molecular weight excluding hydrogens is 306 g/mol. The molecule has 0 spiro atoms. The van der Waals surface area contributed by atoms with Crippen molar-refractivity contribution >= 4 is 33.0 Å². The maximum atomic E-state index is 12.5.